The van der Waals surface area contributed by atoms with E-state index in [0.29, 0.717) is 25.2 Å². The Labute approximate surface area is 167 Å². The van der Waals surface area contributed by atoms with Crippen molar-refractivity contribution in [3.05, 3.63) is 23.7 Å². The molecule has 8 heteroatoms. The van der Waals surface area contributed by atoms with E-state index in [4.69, 9.17) is 18.9 Å². The Bertz CT molecular complexity index is 853. The molecule has 0 N–H and O–H groups in total. The summed E-state index contributed by atoms with van der Waals surface area (Å²) in [4.78, 5) is 21.2. The summed E-state index contributed by atoms with van der Waals surface area (Å²) in [5.74, 6) is 0.469. The van der Waals surface area contributed by atoms with Crippen LogP contribution in [0.1, 0.15) is 43.5 Å². The molecular formula is C20H31N3O4Si. The summed E-state index contributed by atoms with van der Waals surface area (Å²) in [7, 11) is -0.452. The van der Waals surface area contributed by atoms with Crippen LogP contribution in [0.25, 0.3) is 11.2 Å². The number of fused-ring (bicyclic) bond motifs is 1. The minimum Gasteiger partial charge on any atom is -0.464 e. The maximum atomic E-state index is 11.9. The van der Waals surface area contributed by atoms with Gasteiger partial charge in [0.1, 0.15) is 11.3 Å². The Morgan fingerprint density at radius 2 is 2.04 bits per heavy atom. The number of imidazole rings is 1. The monoisotopic (exact) mass is 405 g/mol. The Morgan fingerprint density at radius 3 is 2.61 bits per heavy atom. The molecule has 0 spiro atoms. The molecule has 7 nitrogen and oxygen atoms in total. The van der Waals surface area contributed by atoms with Crippen LogP contribution in [0.5, 0.6) is 0 Å². The van der Waals surface area contributed by atoms with Crippen LogP contribution in [0, 0.1) is 0 Å². The van der Waals surface area contributed by atoms with Gasteiger partial charge in [-0.15, -0.1) is 0 Å². The van der Waals surface area contributed by atoms with Gasteiger partial charge in [0.15, 0.2) is 19.7 Å². The molecule has 1 fully saturated rings. The van der Waals surface area contributed by atoms with Gasteiger partial charge < -0.3 is 18.5 Å². The predicted octanol–water partition coefficient (Wildman–Crippen LogP) is 3.57. The second kappa shape index (κ2) is 7.92. The third kappa shape index (κ3) is 4.29. The quantitative estimate of drug-likeness (QED) is 0.518. The van der Waals surface area contributed by atoms with E-state index < -0.39 is 14.3 Å². The van der Waals surface area contributed by atoms with Gasteiger partial charge in [0.05, 0.1) is 19.8 Å². The van der Waals surface area contributed by atoms with Crippen molar-refractivity contribution < 1.29 is 18.7 Å². The van der Waals surface area contributed by atoms with Gasteiger partial charge in [-0.2, -0.15) is 0 Å². The number of hydrogen-bond acceptors (Lipinski definition) is 6. The molecular weight excluding hydrogens is 374 g/mol. The van der Waals surface area contributed by atoms with Crippen LogP contribution in [-0.2, 0) is 26.9 Å². The zero-order valence-corrected chi connectivity index (χ0v) is 18.7. The second-order valence-electron chi connectivity index (χ2n) is 8.81. The van der Waals surface area contributed by atoms with Gasteiger partial charge in [-0.1, -0.05) is 20.8 Å². The van der Waals surface area contributed by atoms with Gasteiger partial charge >= 0.3 is 5.97 Å². The number of rotatable bonds is 7. The van der Waals surface area contributed by atoms with Crippen molar-refractivity contribution in [2.24, 2.45) is 0 Å². The first-order chi connectivity index (χ1) is 13.1. The van der Waals surface area contributed by atoms with Gasteiger partial charge in [-0.05, 0) is 36.7 Å². The summed E-state index contributed by atoms with van der Waals surface area (Å²) in [5.41, 5.74) is 1.75. The molecule has 0 unspecified atom stereocenters. The highest BCUT2D eigenvalue weighted by Crippen LogP contribution is 2.36. The fourth-order valence-electron chi connectivity index (χ4n) is 2.90. The third-order valence-corrected chi connectivity index (χ3v) is 10.4. The minimum absolute atomic E-state index is 0.168. The van der Waals surface area contributed by atoms with Crippen molar-refractivity contribution in [2.45, 2.75) is 64.4 Å². The first-order valence-corrected chi connectivity index (χ1v) is 12.7. The van der Waals surface area contributed by atoms with Crippen molar-refractivity contribution in [2.75, 3.05) is 20.3 Å². The lowest BCUT2D eigenvalue weighted by molar-refractivity contribution is -0.0591. The standard InChI is InChI=1S/C20H31N3O4Si/c1-20(2,3)28(5,6)27-12-10-17-21-15-7-8-16(19(24)25-4)22-18(15)23(17)13-14-9-11-26-14/h7-8,14H,9-13H2,1-6H3/t14-/m0/s1. The fraction of sp³-hybridized carbons (Fsp3) is 0.650. The maximum Gasteiger partial charge on any atom is 0.356 e. The van der Waals surface area contributed by atoms with E-state index in [-0.39, 0.29) is 16.8 Å². The van der Waals surface area contributed by atoms with E-state index >= 15 is 0 Å². The molecule has 0 radical (unpaired) electrons. The molecule has 3 rings (SSSR count). The largest absolute Gasteiger partial charge is 0.464 e. The number of methoxy groups -OCH3 is 1. The van der Waals surface area contributed by atoms with Gasteiger partial charge in [0.2, 0.25) is 0 Å². The van der Waals surface area contributed by atoms with Gasteiger partial charge in [0, 0.05) is 19.6 Å². The smallest absolute Gasteiger partial charge is 0.356 e. The Hall–Kier alpha value is -1.77. The van der Waals surface area contributed by atoms with E-state index in [9.17, 15) is 4.79 Å². The molecule has 154 valence electrons. The number of ether oxygens (including phenoxy) is 2. The van der Waals surface area contributed by atoms with Crippen LogP contribution in [0.2, 0.25) is 18.1 Å². The first kappa shape index (κ1) is 20.9. The average molecular weight is 406 g/mol. The molecule has 2 aromatic heterocycles. The van der Waals surface area contributed by atoms with E-state index in [1.807, 2.05) is 6.07 Å². The van der Waals surface area contributed by atoms with Crippen LogP contribution in [0.15, 0.2) is 12.1 Å². The number of carbonyl (C=O) groups is 1. The second-order valence-corrected chi connectivity index (χ2v) is 13.6. The van der Waals surface area contributed by atoms with Crippen molar-refractivity contribution in [1.29, 1.82) is 0 Å². The van der Waals surface area contributed by atoms with Crippen LogP contribution in [-0.4, -0.2) is 55.2 Å². The highest BCUT2D eigenvalue weighted by Gasteiger charge is 2.37. The predicted molar refractivity (Wildman–Crippen MR) is 110 cm³/mol. The van der Waals surface area contributed by atoms with Crippen LogP contribution >= 0.6 is 0 Å². The maximum absolute atomic E-state index is 11.9. The molecule has 1 aliphatic rings. The van der Waals surface area contributed by atoms with Crippen molar-refractivity contribution in [1.82, 2.24) is 14.5 Å². The Morgan fingerprint density at radius 1 is 1.32 bits per heavy atom. The van der Waals surface area contributed by atoms with Crippen LogP contribution < -0.4 is 0 Å². The molecule has 28 heavy (non-hydrogen) atoms. The van der Waals surface area contributed by atoms with Gasteiger partial charge in [-0.3, -0.25) is 0 Å². The Balaban J connectivity index is 1.85. The highest BCUT2D eigenvalue weighted by atomic mass is 28.4. The topological polar surface area (TPSA) is 75.5 Å². The van der Waals surface area contributed by atoms with Crippen LogP contribution in [0.3, 0.4) is 0 Å². The summed E-state index contributed by atoms with van der Waals surface area (Å²) in [6.07, 6.45) is 1.89. The number of esters is 1. The van der Waals surface area contributed by atoms with Crippen molar-refractivity contribution >= 4 is 25.5 Å². The third-order valence-electron chi connectivity index (χ3n) is 5.84. The minimum atomic E-state index is -1.81. The summed E-state index contributed by atoms with van der Waals surface area (Å²) in [5, 5.41) is 0.171. The molecule has 1 atom stereocenters. The van der Waals surface area contributed by atoms with E-state index in [1.54, 1.807) is 6.07 Å². The van der Waals surface area contributed by atoms with Gasteiger partial charge in [-0.25, -0.2) is 14.8 Å². The van der Waals surface area contributed by atoms with Crippen molar-refractivity contribution in [3.8, 4) is 0 Å². The number of nitrogens with zero attached hydrogens (tertiary/aromatic N) is 3. The Kier molecular flexibility index (Phi) is 5.93. The number of aromatic nitrogens is 3. The zero-order valence-electron chi connectivity index (χ0n) is 17.7. The van der Waals surface area contributed by atoms with E-state index in [0.717, 1.165) is 24.4 Å². The van der Waals surface area contributed by atoms with E-state index in [1.165, 1.54) is 7.11 Å². The molecule has 0 amide bonds. The molecule has 0 aliphatic carbocycles. The lowest BCUT2D eigenvalue weighted by Crippen LogP contribution is -2.41. The molecule has 2 aromatic rings. The lowest BCUT2D eigenvalue weighted by Gasteiger charge is -2.36. The normalized spacial score (nSPS) is 17.6. The molecule has 0 saturated carbocycles. The fourth-order valence-corrected chi connectivity index (χ4v) is 3.94. The molecule has 1 aliphatic heterocycles. The molecule has 1 saturated heterocycles. The summed E-state index contributed by atoms with van der Waals surface area (Å²) >= 11 is 0. The molecule has 0 bridgehead atoms. The average Bonchev–Trinajstić information content (AvgIpc) is 2.92. The highest BCUT2D eigenvalue weighted by molar-refractivity contribution is 6.74. The SMILES string of the molecule is COC(=O)c1ccc2nc(CCO[Si](C)(C)C(C)(C)C)n(C[C@@H]3CCO3)c2n1. The zero-order chi connectivity index (χ0) is 20.5. The number of pyridine rings is 1. The molecule has 3 heterocycles. The number of carbonyl (C=O) groups excluding carboxylic acids is 1. The molecule has 0 aromatic carbocycles. The summed E-state index contributed by atoms with van der Waals surface area (Å²) < 4.78 is 18.8. The van der Waals surface area contributed by atoms with Gasteiger partial charge in [0.25, 0.3) is 0 Å². The first-order valence-electron chi connectivity index (χ1n) is 9.82. The number of hydrogen-bond donors (Lipinski definition) is 0. The lowest BCUT2D eigenvalue weighted by atomic mass is 10.2. The summed E-state index contributed by atoms with van der Waals surface area (Å²) in [6, 6.07) is 3.48. The van der Waals surface area contributed by atoms with E-state index in [2.05, 4.69) is 43.4 Å². The van der Waals surface area contributed by atoms with Crippen LogP contribution in [0.4, 0.5) is 0 Å². The summed E-state index contributed by atoms with van der Waals surface area (Å²) in [6.45, 7) is 13.3. The van der Waals surface area contributed by atoms with Crippen molar-refractivity contribution in [3.63, 3.8) is 0 Å².